The van der Waals surface area contributed by atoms with Crippen molar-refractivity contribution in [2.45, 2.75) is 19.4 Å². The Hall–Kier alpha value is -1.13. The quantitative estimate of drug-likeness (QED) is 0.534. The molecule has 0 aliphatic rings. The van der Waals surface area contributed by atoms with Crippen LogP contribution in [0.1, 0.15) is 25.0 Å². The molecule has 0 aliphatic carbocycles. The van der Waals surface area contributed by atoms with Crippen LogP contribution in [0.5, 0.6) is 0 Å². The number of aromatic amines is 1. The van der Waals surface area contributed by atoms with Crippen LogP contribution in [0.4, 0.5) is 0 Å². The molecule has 0 bridgehead atoms. The van der Waals surface area contributed by atoms with E-state index in [1.165, 1.54) is 0 Å². The summed E-state index contributed by atoms with van der Waals surface area (Å²) in [6.07, 6.45) is 3.51. The number of nitrogens with zero attached hydrogens (tertiary/aromatic N) is 1. The first-order valence-corrected chi connectivity index (χ1v) is 4.67. The number of H-pyrrole nitrogens is 1. The molecule has 1 aromatic heterocycles. The molecular formula is C10H16N2O2. The fraction of sp³-hybridized carbons (Fsp3) is 0.500. The van der Waals surface area contributed by atoms with E-state index in [4.69, 9.17) is 4.74 Å². The maximum Gasteiger partial charge on any atom is 0.105 e. The molecule has 0 radical (unpaired) electrons. The van der Waals surface area contributed by atoms with Crippen LogP contribution in [0, 0.1) is 0 Å². The molecule has 78 valence electrons. The Balaban J connectivity index is 2.37. The lowest BCUT2D eigenvalue weighted by Gasteiger charge is -2.11. The van der Waals surface area contributed by atoms with Crippen molar-refractivity contribution >= 4 is 0 Å². The zero-order valence-electron chi connectivity index (χ0n) is 8.36. The monoisotopic (exact) mass is 196 g/mol. The Bertz CT molecular complexity index is 270. The van der Waals surface area contributed by atoms with Gasteiger partial charge in [0.1, 0.15) is 6.10 Å². The van der Waals surface area contributed by atoms with Crippen LogP contribution in [-0.4, -0.2) is 28.5 Å². The molecule has 14 heavy (non-hydrogen) atoms. The van der Waals surface area contributed by atoms with E-state index < -0.39 is 6.10 Å². The fourth-order valence-electron chi connectivity index (χ4n) is 1.07. The molecule has 2 N–H and O–H groups in total. The second-order valence-corrected chi connectivity index (χ2v) is 3.15. The maximum atomic E-state index is 9.74. The maximum absolute atomic E-state index is 9.74. The van der Waals surface area contributed by atoms with Crippen LogP contribution in [-0.2, 0) is 4.74 Å². The van der Waals surface area contributed by atoms with Crippen LogP contribution >= 0.6 is 0 Å². The zero-order valence-corrected chi connectivity index (χ0v) is 8.36. The highest BCUT2D eigenvalue weighted by molar-refractivity contribution is 5.18. The van der Waals surface area contributed by atoms with Crippen LogP contribution in [0.3, 0.4) is 0 Å². The van der Waals surface area contributed by atoms with Crippen molar-refractivity contribution in [1.82, 2.24) is 10.2 Å². The van der Waals surface area contributed by atoms with Gasteiger partial charge in [0.25, 0.3) is 0 Å². The summed E-state index contributed by atoms with van der Waals surface area (Å²) >= 11 is 0. The molecule has 1 heterocycles. The van der Waals surface area contributed by atoms with Crippen LogP contribution in [0.25, 0.3) is 0 Å². The van der Waals surface area contributed by atoms with Gasteiger partial charge in [0.2, 0.25) is 0 Å². The minimum atomic E-state index is -0.689. The number of aliphatic hydroxyl groups is 1. The van der Waals surface area contributed by atoms with Crippen molar-refractivity contribution in [3.63, 3.8) is 0 Å². The Labute approximate surface area is 83.6 Å². The van der Waals surface area contributed by atoms with Gasteiger partial charge >= 0.3 is 0 Å². The van der Waals surface area contributed by atoms with Gasteiger partial charge in [-0.25, -0.2) is 0 Å². The molecule has 0 spiro atoms. The average Bonchev–Trinajstić information content (AvgIpc) is 2.69. The van der Waals surface area contributed by atoms with E-state index in [2.05, 4.69) is 16.8 Å². The number of hydrogen-bond donors (Lipinski definition) is 2. The minimum Gasteiger partial charge on any atom is -0.384 e. The number of rotatable bonds is 6. The van der Waals surface area contributed by atoms with Gasteiger partial charge in [-0.15, -0.1) is 0 Å². The van der Waals surface area contributed by atoms with E-state index >= 15 is 0 Å². The van der Waals surface area contributed by atoms with Gasteiger partial charge in [-0.05, 0) is 12.0 Å². The lowest BCUT2D eigenvalue weighted by molar-refractivity contribution is 0.128. The van der Waals surface area contributed by atoms with Crippen LogP contribution in [0.15, 0.2) is 24.5 Å². The number of ether oxygens (including phenoxy) is 1. The van der Waals surface area contributed by atoms with E-state index in [0.29, 0.717) is 18.8 Å². The smallest absolute Gasteiger partial charge is 0.105 e. The molecule has 4 nitrogen and oxygen atoms in total. The first-order chi connectivity index (χ1) is 6.75. The highest BCUT2D eigenvalue weighted by Gasteiger charge is 2.12. The summed E-state index contributed by atoms with van der Waals surface area (Å²) in [7, 11) is 0. The summed E-state index contributed by atoms with van der Waals surface area (Å²) in [6.45, 7) is 6.88. The van der Waals surface area contributed by atoms with Crippen molar-refractivity contribution in [2.75, 3.05) is 13.2 Å². The van der Waals surface area contributed by atoms with Crippen molar-refractivity contribution in [2.24, 2.45) is 0 Å². The van der Waals surface area contributed by atoms with E-state index in [-0.39, 0.29) is 0 Å². The lowest BCUT2D eigenvalue weighted by atomic mass is 10.1. The summed E-state index contributed by atoms with van der Waals surface area (Å²) in [5.41, 5.74) is 1.37. The van der Waals surface area contributed by atoms with Crippen molar-refractivity contribution in [3.05, 3.63) is 30.1 Å². The molecule has 1 rings (SSSR count). The van der Waals surface area contributed by atoms with Gasteiger partial charge in [-0.2, -0.15) is 5.10 Å². The van der Waals surface area contributed by atoms with Crippen LogP contribution < -0.4 is 0 Å². The summed E-state index contributed by atoms with van der Waals surface area (Å²) < 4.78 is 5.27. The van der Waals surface area contributed by atoms with Gasteiger partial charge in [0.15, 0.2) is 0 Å². The second-order valence-electron chi connectivity index (χ2n) is 3.15. The van der Waals surface area contributed by atoms with Crippen molar-refractivity contribution < 1.29 is 9.84 Å². The van der Waals surface area contributed by atoms with E-state index in [9.17, 15) is 5.11 Å². The third-order valence-electron chi connectivity index (χ3n) is 1.86. The molecule has 0 amide bonds. The summed E-state index contributed by atoms with van der Waals surface area (Å²) in [5.74, 6) is 0. The largest absolute Gasteiger partial charge is 0.384 e. The lowest BCUT2D eigenvalue weighted by Crippen LogP contribution is -2.06. The first kappa shape index (κ1) is 10.9. The van der Waals surface area contributed by atoms with Gasteiger partial charge in [0.05, 0.1) is 12.8 Å². The predicted octanol–water partition coefficient (Wildman–Crippen LogP) is 1.43. The zero-order chi connectivity index (χ0) is 10.4. The normalized spacial score (nSPS) is 12.7. The Morgan fingerprint density at radius 1 is 1.79 bits per heavy atom. The molecule has 1 unspecified atom stereocenters. The molecule has 4 heteroatoms. The summed E-state index contributed by atoms with van der Waals surface area (Å²) in [5, 5.41) is 16.1. The Morgan fingerprint density at radius 3 is 3.14 bits per heavy atom. The minimum absolute atomic E-state index is 0.389. The molecular weight excluding hydrogens is 180 g/mol. The topological polar surface area (TPSA) is 58.1 Å². The van der Waals surface area contributed by atoms with Gasteiger partial charge in [0, 0.05) is 18.4 Å². The number of aliphatic hydroxyl groups excluding tert-OH is 1. The van der Waals surface area contributed by atoms with Crippen molar-refractivity contribution in [1.29, 1.82) is 0 Å². The van der Waals surface area contributed by atoms with Gasteiger partial charge < -0.3 is 9.84 Å². The Morgan fingerprint density at radius 2 is 2.57 bits per heavy atom. The summed E-state index contributed by atoms with van der Waals surface area (Å²) in [4.78, 5) is 0. The van der Waals surface area contributed by atoms with E-state index in [1.54, 1.807) is 12.4 Å². The van der Waals surface area contributed by atoms with Gasteiger partial charge in [-0.1, -0.05) is 13.5 Å². The molecule has 0 saturated heterocycles. The second kappa shape index (κ2) is 5.57. The third-order valence-corrected chi connectivity index (χ3v) is 1.86. The first-order valence-electron chi connectivity index (χ1n) is 4.67. The Kier molecular flexibility index (Phi) is 4.35. The standard InChI is InChI=1S/C10H16N2O2/c1-3-4-14-7-8(2)10(13)9-5-11-12-6-9/h5-6,10,13H,2-4,7H2,1H3,(H,11,12). The number of hydrogen-bond acceptors (Lipinski definition) is 3. The average molecular weight is 196 g/mol. The molecule has 0 aliphatic heterocycles. The SMILES string of the molecule is C=C(COCCC)C(O)c1cn[nH]c1. The molecule has 1 aromatic rings. The van der Waals surface area contributed by atoms with Gasteiger partial charge in [-0.3, -0.25) is 5.10 Å². The number of nitrogens with one attached hydrogen (secondary N) is 1. The van der Waals surface area contributed by atoms with E-state index in [1.807, 2.05) is 6.92 Å². The molecule has 1 atom stereocenters. The fourth-order valence-corrected chi connectivity index (χ4v) is 1.07. The molecule has 0 fully saturated rings. The van der Waals surface area contributed by atoms with Crippen LogP contribution in [0.2, 0.25) is 0 Å². The number of aromatic nitrogens is 2. The predicted molar refractivity (Wildman–Crippen MR) is 53.8 cm³/mol. The highest BCUT2D eigenvalue weighted by atomic mass is 16.5. The third kappa shape index (κ3) is 2.97. The summed E-state index contributed by atoms with van der Waals surface area (Å²) in [6, 6.07) is 0. The van der Waals surface area contributed by atoms with Crippen molar-refractivity contribution in [3.8, 4) is 0 Å². The van der Waals surface area contributed by atoms with E-state index in [0.717, 1.165) is 12.0 Å². The molecule has 0 aromatic carbocycles. The molecule has 0 saturated carbocycles. The highest BCUT2D eigenvalue weighted by Crippen LogP contribution is 2.18.